The summed E-state index contributed by atoms with van der Waals surface area (Å²) in [6.45, 7) is 5.01. The lowest BCUT2D eigenvalue weighted by Crippen LogP contribution is -2.41. The van der Waals surface area contributed by atoms with E-state index in [1.807, 2.05) is 63.7 Å². The van der Waals surface area contributed by atoms with Crippen LogP contribution in [0.2, 0.25) is 0 Å². The number of hydrogen-bond donors (Lipinski definition) is 1. The number of carbonyl (C=O) groups is 1. The van der Waals surface area contributed by atoms with Crippen LogP contribution in [-0.4, -0.2) is 33.0 Å². The Morgan fingerprint density at radius 3 is 2.24 bits per heavy atom. The Morgan fingerprint density at radius 1 is 0.966 bits per heavy atom. The molecule has 6 nitrogen and oxygen atoms in total. The molecule has 1 aliphatic heterocycles. The van der Waals surface area contributed by atoms with Gasteiger partial charge in [0.1, 0.15) is 0 Å². The number of carbonyl (C=O) groups excluding carboxylic acids is 1. The van der Waals surface area contributed by atoms with Crippen molar-refractivity contribution in [2.24, 2.45) is 5.92 Å². The fourth-order valence-corrected chi connectivity index (χ4v) is 4.15. The molecule has 1 aliphatic rings. The van der Waals surface area contributed by atoms with Gasteiger partial charge in [-0.2, -0.15) is 0 Å². The summed E-state index contributed by atoms with van der Waals surface area (Å²) in [5.74, 6) is 0.108. The molecule has 0 saturated carbocycles. The summed E-state index contributed by atoms with van der Waals surface area (Å²) in [6, 6.07) is 17.6. The number of aryl methyl sites for hydroxylation is 1. The first-order chi connectivity index (χ1) is 14.2. The Labute approximate surface area is 170 Å². The van der Waals surface area contributed by atoms with E-state index in [0.717, 1.165) is 55.6 Å². The maximum absolute atomic E-state index is 13.0. The number of imidazole rings is 1. The van der Waals surface area contributed by atoms with E-state index in [9.17, 15) is 9.59 Å². The smallest absolute Gasteiger partial charge is 0.326 e. The zero-order chi connectivity index (χ0) is 20.2. The van der Waals surface area contributed by atoms with E-state index in [1.165, 1.54) is 0 Å². The minimum Gasteiger partial charge on any atom is -0.326 e. The highest BCUT2D eigenvalue weighted by atomic mass is 16.2. The molecule has 0 aliphatic carbocycles. The molecule has 4 rings (SSSR count). The second-order valence-corrected chi connectivity index (χ2v) is 7.74. The van der Waals surface area contributed by atoms with Gasteiger partial charge in [0, 0.05) is 31.2 Å². The molecule has 2 heterocycles. The van der Waals surface area contributed by atoms with Crippen LogP contribution in [0.3, 0.4) is 0 Å². The monoisotopic (exact) mass is 392 g/mol. The van der Waals surface area contributed by atoms with Gasteiger partial charge in [-0.15, -0.1) is 0 Å². The van der Waals surface area contributed by atoms with E-state index < -0.39 is 0 Å². The molecule has 3 aromatic rings. The lowest BCUT2D eigenvalue weighted by molar-refractivity contribution is -0.121. The second kappa shape index (κ2) is 8.66. The summed E-state index contributed by atoms with van der Waals surface area (Å²) in [5, 5.41) is 3.01. The van der Waals surface area contributed by atoms with Crippen molar-refractivity contribution in [2.45, 2.75) is 39.4 Å². The highest BCUT2D eigenvalue weighted by molar-refractivity contribution is 5.92. The zero-order valence-electron chi connectivity index (χ0n) is 16.9. The van der Waals surface area contributed by atoms with Gasteiger partial charge in [-0.3, -0.25) is 18.8 Å². The van der Waals surface area contributed by atoms with E-state index in [0.29, 0.717) is 6.67 Å². The molecule has 2 aromatic carbocycles. The average molecular weight is 393 g/mol. The minimum absolute atomic E-state index is 0.0182. The number of fused-ring (bicyclic) bond motifs is 1. The number of nitrogens with zero attached hydrogens (tertiary/aromatic N) is 3. The predicted octanol–water partition coefficient (Wildman–Crippen LogP) is 3.52. The summed E-state index contributed by atoms with van der Waals surface area (Å²) in [7, 11) is 0. The lowest BCUT2D eigenvalue weighted by atomic mass is 9.96. The van der Waals surface area contributed by atoms with Crippen molar-refractivity contribution in [3.05, 3.63) is 65.1 Å². The number of piperidine rings is 1. The molecule has 1 amide bonds. The predicted molar refractivity (Wildman–Crippen MR) is 116 cm³/mol. The first-order valence-electron chi connectivity index (χ1n) is 10.4. The van der Waals surface area contributed by atoms with Crippen molar-refractivity contribution in [1.82, 2.24) is 14.0 Å². The molecule has 29 heavy (non-hydrogen) atoms. The summed E-state index contributed by atoms with van der Waals surface area (Å²) >= 11 is 0. The standard InChI is InChI=1S/C23H28N4O2/c1-2-14-26-20-10-6-7-11-21(20)27(23(26)29)17-25-15-12-18(13-16-25)22(28)24-19-8-4-3-5-9-19/h3-11,18H,2,12-17H2,1H3,(H,24,28). The zero-order valence-corrected chi connectivity index (χ0v) is 16.9. The molecular weight excluding hydrogens is 364 g/mol. The average Bonchev–Trinajstić information content (AvgIpc) is 3.01. The van der Waals surface area contributed by atoms with Gasteiger partial charge >= 0.3 is 5.69 Å². The van der Waals surface area contributed by atoms with Crippen LogP contribution in [-0.2, 0) is 18.0 Å². The van der Waals surface area contributed by atoms with Gasteiger partial charge < -0.3 is 5.32 Å². The number of amides is 1. The second-order valence-electron chi connectivity index (χ2n) is 7.74. The minimum atomic E-state index is 0.0182. The van der Waals surface area contributed by atoms with E-state index in [-0.39, 0.29) is 17.5 Å². The van der Waals surface area contributed by atoms with Crippen LogP contribution in [0.15, 0.2) is 59.4 Å². The van der Waals surface area contributed by atoms with Crippen LogP contribution < -0.4 is 11.0 Å². The van der Waals surface area contributed by atoms with Crippen molar-refractivity contribution in [3.63, 3.8) is 0 Å². The number of para-hydroxylation sites is 3. The van der Waals surface area contributed by atoms with Gasteiger partial charge in [0.25, 0.3) is 0 Å². The molecule has 0 atom stereocenters. The van der Waals surface area contributed by atoms with Crippen LogP contribution >= 0.6 is 0 Å². The topological polar surface area (TPSA) is 59.3 Å². The maximum Gasteiger partial charge on any atom is 0.330 e. The van der Waals surface area contributed by atoms with E-state index in [4.69, 9.17) is 0 Å². The summed E-state index contributed by atoms with van der Waals surface area (Å²) in [4.78, 5) is 27.8. The van der Waals surface area contributed by atoms with Crippen molar-refractivity contribution in [3.8, 4) is 0 Å². The van der Waals surface area contributed by atoms with Crippen molar-refractivity contribution < 1.29 is 4.79 Å². The number of nitrogens with one attached hydrogen (secondary N) is 1. The Kier molecular flexibility index (Phi) is 5.81. The molecule has 0 radical (unpaired) electrons. The first kappa shape index (κ1) is 19.5. The first-order valence-corrected chi connectivity index (χ1v) is 10.4. The number of rotatable bonds is 6. The van der Waals surface area contributed by atoms with E-state index in [1.54, 1.807) is 0 Å². The van der Waals surface area contributed by atoms with Gasteiger partial charge in [0.15, 0.2) is 0 Å². The van der Waals surface area contributed by atoms with Gasteiger partial charge in [-0.1, -0.05) is 37.3 Å². The van der Waals surface area contributed by atoms with Gasteiger partial charge in [-0.25, -0.2) is 4.79 Å². The third-order valence-corrected chi connectivity index (χ3v) is 5.71. The van der Waals surface area contributed by atoms with Crippen LogP contribution in [0.4, 0.5) is 5.69 Å². The van der Waals surface area contributed by atoms with Crippen molar-refractivity contribution in [2.75, 3.05) is 18.4 Å². The third-order valence-electron chi connectivity index (χ3n) is 5.71. The number of hydrogen-bond acceptors (Lipinski definition) is 3. The Morgan fingerprint density at radius 2 is 1.59 bits per heavy atom. The Bertz CT molecular complexity index is 1030. The number of likely N-dealkylation sites (tertiary alicyclic amines) is 1. The lowest BCUT2D eigenvalue weighted by Gasteiger charge is -2.31. The molecule has 1 saturated heterocycles. The molecule has 6 heteroatoms. The van der Waals surface area contributed by atoms with Crippen molar-refractivity contribution >= 4 is 22.6 Å². The maximum atomic E-state index is 13.0. The molecule has 1 fully saturated rings. The Hall–Kier alpha value is -2.86. The third kappa shape index (κ3) is 4.12. The molecule has 0 bridgehead atoms. The molecule has 1 N–H and O–H groups in total. The fraction of sp³-hybridized carbons (Fsp3) is 0.391. The van der Waals surface area contributed by atoms with Crippen LogP contribution in [0.1, 0.15) is 26.2 Å². The largest absolute Gasteiger partial charge is 0.330 e. The molecule has 152 valence electrons. The number of aromatic nitrogens is 2. The van der Waals surface area contributed by atoms with Crippen LogP contribution in [0, 0.1) is 5.92 Å². The highest BCUT2D eigenvalue weighted by Crippen LogP contribution is 2.21. The molecule has 0 unspecified atom stereocenters. The molecular formula is C23H28N4O2. The summed E-state index contributed by atoms with van der Waals surface area (Å²) in [5.41, 5.74) is 2.87. The van der Waals surface area contributed by atoms with Crippen molar-refractivity contribution in [1.29, 1.82) is 0 Å². The SMILES string of the molecule is CCCn1c(=O)n(CN2CCC(C(=O)Nc3ccccc3)CC2)c2ccccc21. The Balaban J connectivity index is 1.42. The fourth-order valence-electron chi connectivity index (χ4n) is 4.15. The number of benzene rings is 2. The summed E-state index contributed by atoms with van der Waals surface area (Å²) in [6.07, 6.45) is 2.54. The van der Waals surface area contributed by atoms with Gasteiger partial charge in [0.05, 0.1) is 17.7 Å². The molecule has 0 spiro atoms. The quantitative estimate of drug-likeness (QED) is 0.698. The van der Waals surface area contributed by atoms with Gasteiger partial charge in [-0.05, 0) is 43.5 Å². The summed E-state index contributed by atoms with van der Waals surface area (Å²) < 4.78 is 3.74. The normalized spacial score (nSPS) is 15.6. The number of anilines is 1. The highest BCUT2D eigenvalue weighted by Gasteiger charge is 2.26. The van der Waals surface area contributed by atoms with Crippen LogP contribution in [0.25, 0.3) is 11.0 Å². The van der Waals surface area contributed by atoms with Crippen LogP contribution in [0.5, 0.6) is 0 Å². The van der Waals surface area contributed by atoms with E-state index >= 15 is 0 Å². The van der Waals surface area contributed by atoms with E-state index in [2.05, 4.69) is 17.1 Å². The van der Waals surface area contributed by atoms with Gasteiger partial charge in [0.2, 0.25) is 5.91 Å². The molecule has 1 aromatic heterocycles.